The molecule has 0 bridgehead atoms. The zero-order valence-electron chi connectivity index (χ0n) is 12.2. The van der Waals surface area contributed by atoms with Gasteiger partial charge in [-0.25, -0.2) is 4.98 Å². The van der Waals surface area contributed by atoms with E-state index in [-0.39, 0.29) is 18.6 Å². The van der Waals surface area contributed by atoms with E-state index in [2.05, 4.69) is 16.8 Å². The average molecular weight is 288 g/mol. The van der Waals surface area contributed by atoms with Crippen molar-refractivity contribution in [1.82, 2.24) is 9.88 Å². The van der Waals surface area contributed by atoms with Crippen LogP contribution in [0, 0.1) is 11.8 Å². The molecule has 21 heavy (non-hydrogen) atoms. The summed E-state index contributed by atoms with van der Waals surface area (Å²) in [5, 5.41) is 8.66. The Kier molecular flexibility index (Phi) is 5.73. The first-order valence-electron chi connectivity index (χ1n) is 7.12. The molecule has 1 aromatic heterocycles. The van der Waals surface area contributed by atoms with Crippen molar-refractivity contribution in [3.05, 3.63) is 29.6 Å². The molecule has 0 aliphatic carbocycles. The molecule has 112 valence electrons. The number of aliphatic hydroxyl groups excluding tert-OH is 1. The second-order valence-electron chi connectivity index (χ2n) is 4.93. The van der Waals surface area contributed by atoms with Gasteiger partial charge < -0.3 is 14.7 Å². The van der Waals surface area contributed by atoms with Crippen molar-refractivity contribution < 1.29 is 14.6 Å². The largest absolute Gasteiger partial charge is 0.395 e. The monoisotopic (exact) mass is 288 g/mol. The summed E-state index contributed by atoms with van der Waals surface area (Å²) >= 11 is 0. The van der Waals surface area contributed by atoms with Crippen LogP contribution in [0.1, 0.15) is 35.3 Å². The first-order chi connectivity index (χ1) is 10.2. The number of aromatic nitrogens is 1. The normalized spacial score (nSPS) is 15.4. The maximum Gasteiger partial charge on any atom is 0.272 e. The van der Waals surface area contributed by atoms with Gasteiger partial charge in [-0.1, -0.05) is 11.8 Å². The van der Waals surface area contributed by atoms with Crippen LogP contribution in [0.25, 0.3) is 0 Å². The van der Waals surface area contributed by atoms with E-state index in [1.165, 1.54) is 0 Å². The first-order valence-corrected chi connectivity index (χ1v) is 7.12. The highest BCUT2D eigenvalue weighted by molar-refractivity contribution is 5.92. The van der Waals surface area contributed by atoms with Gasteiger partial charge in [-0.2, -0.15) is 0 Å². The number of rotatable bonds is 3. The maximum atomic E-state index is 12.3. The number of amides is 1. The minimum absolute atomic E-state index is 0.0422. The third-order valence-electron chi connectivity index (χ3n) is 3.51. The molecule has 0 atom stereocenters. The summed E-state index contributed by atoms with van der Waals surface area (Å²) in [6, 6.07) is 3.49. The molecular formula is C16H20N2O3. The smallest absolute Gasteiger partial charge is 0.272 e. The summed E-state index contributed by atoms with van der Waals surface area (Å²) in [7, 11) is 1.71. The van der Waals surface area contributed by atoms with E-state index in [4.69, 9.17) is 9.84 Å². The van der Waals surface area contributed by atoms with E-state index in [1.54, 1.807) is 25.4 Å². The highest BCUT2D eigenvalue weighted by atomic mass is 16.5. The van der Waals surface area contributed by atoms with Gasteiger partial charge >= 0.3 is 0 Å². The Morgan fingerprint density at radius 1 is 1.48 bits per heavy atom. The first kappa shape index (κ1) is 15.5. The molecule has 1 fully saturated rings. The summed E-state index contributed by atoms with van der Waals surface area (Å²) in [5.74, 6) is 5.67. The fourth-order valence-electron chi connectivity index (χ4n) is 2.27. The molecule has 0 radical (unpaired) electrons. The van der Waals surface area contributed by atoms with Gasteiger partial charge in [0.25, 0.3) is 5.91 Å². The molecule has 0 saturated carbocycles. The lowest BCUT2D eigenvalue weighted by Gasteiger charge is -2.30. The highest BCUT2D eigenvalue weighted by Gasteiger charge is 2.23. The molecule has 1 saturated heterocycles. The molecule has 0 aromatic carbocycles. The minimum Gasteiger partial charge on any atom is -0.395 e. The third-order valence-corrected chi connectivity index (χ3v) is 3.51. The number of piperidine rings is 1. The van der Waals surface area contributed by atoms with Crippen molar-refractivity contribution in [1.29, 1.82) is 0 Å². The lowest BCUT2D eigenvalue weighted by Crippen LogP contribution is -2.40. The molecule has 1 aliphatic heterocycles. The topological polar surface area (TPSA) is 62.7 Å². The molecule has 2 rings (SSSR count). The van der Waals surface area contributed by atoms with Gasteiger partial charge in [0.15, 0.2) is 0 Å². The Morgan fingerprint density at radius 3 is 2.81 bits per heavy atom. The Hall–Kier alpha value is -1.90. The van der Waals surface area contributed by atoms with Gasteiger partial charge in [0.2, 0.25) is 0 Å². The number of aliphatic hydroxyl groups is 1. The predicted molar refractivity (Wildman–Crippen MR) is 78.8 cm³/mol. The number of likely N-dealkylation sites (tertiary alicyclic amines) is 1. The number of pyridine rings is 1. The zero-order chi connectivity index (χ0) is 15.1. The van der Waals surface area contributed by atoms with Crippen molar-refractivity contribution >= 4 is 5.91 Å². The molecule has 5 nitrogen and oxygen atoms in total. The Labute approximate surface area is 124 Å². The average Bonchev–Trinajstić information content (AvgIpc) is 2.55. The minimum atomic E-state index is -0.0422. The van der Waals surface area contributed by atoms with Gasteiger partial charge in [0, 0.05) is 38.4 Å². The van der Waals surface area contributed by atoms with Crippen molar-refractivity contribution in [2.45, 2.75) is 25.4 Å². The molecule has 2 heterocycles. The highest BCUT2D eigenvalue weighted by Crippen LogP contribution is 2.15. The quantitative estimate of drug-likeness (QED) is 0.845. The van der Waals surface area contributed by atoms with Crippen LogP contribution in [-0.4, -0.2) is 53.8 Å². The van der Waals surface area contributed by atoms with Crippen LogP contribution in [0.3, 0.4) is 0 Å². The Balaban J connectivity index is 1.96. The van der Waals surface area contributed by atoms with Crippen molar-refractivity contribution in [2.24, 2.45) is 0 Å². The van der Waals surface area contributed by atoms with E-state index in [0.29, 0.717) is 25.2 Å². The summed E-state index contributed by atoms with van der Waals surface area (Å²) in [5.41, 5.74) is 1.19. The maximum absolute atomic E-state index is 12.3. The van der Waals surface area contributed by atoms with Crippen LogP contribution in [0.15, 0.2) is 18.3 Å². The molecular weight excluding hydrogens is 268 g/mol. The van der Waals surface area contributed by atoms with Crippen molar-refractivity contribution in [2.75, 3.05) is 26.8 Å². The van der Waals surface area contributed by atoms with Crippen LogP contribution in [0.2, 0.25) is 0 Å². The fourth-order valence-corrected chi connectivity index (χ4v) is 2.27. The predicted octanol–water partition coefficient (Wildman–Crippen LogP) is 1.07. The second-order valence-corrected chi connectivity index (χ2v) is 4.93. The third kappa shape index (κ3) is 4.28. The number of carbonyl (C=O) groups excluding carboxylic acids is 1. The van der Waals surface area contributed by atoms with Gasteiger partial charge in [0.1, 0.15) is 5.69 Å². The van der Waals surface area contributed by atoms with Crippen LogP contribution in [0.5, 0.6) is 0 Å². The van der Waals surface area contributed by atoms with E-state index in [0.717, 1.165) is 18.4 Å². The van der Waals surface area contributed by atoms with Gasteiger partial charge in [-0.3, -0.25) is 4.79 Å². The van der Waals surface area contributed by atoms with Gasteiger partial charge in [-0.05, 0) is 25.0 Å². The standard InChI is InChI=1S/C16H20N2O3/c1-21-14-7-9-18(10-8-14)16(20)15-6-5-13(12-17-15)4-2-3-11-19/h5-6,12,14,19H,3,7-11H2,1H3. The molecule has 1 aliphatic rings. The molecule has 1 amide bonds. The van der Waals surface area contributed by atoms with E-state index in [1.807, 2.05) is 4.90 Å². The number of nitrogens with zero attached hydrogens (tertiary/aromatic N) is 2. The lowest BCUT2D eigenvalue weighted by atomic mass is 10.1. The van der Waals surface area contributed by atoms with E-state index >= 15 is 0 Å². The van der Waals surface area contributed by atoms with Crippen LogP contribution < -0.4 is 0 Å². The summed E-state index contributed by atoms with van der Waals surface area (Å²) in [4.78, 5) is 18.3. The molecule has 0 spiro atoms. The summed E-state index contributed by atoms with van der Waals surface area (Å²) in [6.07, 6.45) is 4.03. The number of carbonyl (C=O) groups is 1. The molecule has 5 heteroatoms. The molecule has 0 unspecified atom stereocenters. The number of ether oxygens (including phenoxy) is 1. The van der Waals surface area contributed by atoms with Gasteiger partial charge in [-0.15, -0.1) is 0 Å². The summed E-state index contributed by atoms with van der Waals surface area (Å²) in [6.45, 7) is 1.46. The van der Waals surface area contributed by atoms with E-state index in [9.17, 15) is 4.79 Å². The van der Waals surface area contributed by atoms with Crippen LogP contribution in [0.4, 0.5) is 0 Å². The number of methoxy groups -OCH3 is 1. The van der Waals surface area contributed by atoms with Crippen LogP contribution in [-0.2, 0) is 4.74 Å². The number of hydrogen-bond donors (Lipinski definition) is 1. The second kappa shape index (κ2) is 7.77. The lowest BCUT2D eigenvalue weighted by molar-refractivity contribution is 0.0347. The fraction of sp³-hybridized carbons (Fsp3) is 0.500. The van der Waals surface area contributed by atoms with Gasteiger partial charge in [0.05, 0.1) is 12.7 Å². The van der Waals surface area contributed by atoms with E-state index < -0.39 is 0 Å². The SMILES string of the molecule is COC1CCN(C(=O)c2ccc(C#CCCO)cn2)CC1. The Morgan fingerprint density at radius 2 is 2.24 bits per heavy atom. The number of hydrogen-bond acceptors (Lipinski definition) is 4. The molecule has 1 N–H and O–H groups in total. The molecule has 1 aromatic rings. The van der Waals surface area contributed by atoms with Crippen molar-refractivity contribution in [3.63, 3.8) is 0 Å². The Bertz CT molecular complexity index is 523. The van der Waals surface area contributed by atoms with Crippen LogP contribution >= 0.6 is 0 Å². The van der Waals surface area contributed by atoms with Crippen molar-refractivity contribution in [3.8, 4) is 11.8 Å². The zero-order valence-corrected chi connectivity index (χ0v) is 12.2. The summed E-state index contributed by atoms with van der Waals surface area (Å²) < 4.78 is 5.30.